The zero-order chi connectivity index (χ0) is 7.84. The summed E-state index contributed by atoms with van der Waals surface area (Å²) >= 11 is 3.31. The molecule has 0 saturated heterocycles. The number of nitrogens with zero attached hydrogens (tertiary/aromatic N) is 3. The average Bonchev–Trinajstić information content (AvgIpc) is 2.34. The Labute approximate surface area is 73.0 Å². The van der Waals surface area contributed by atoms with E-state index in [1.807, 2.05) is 0 Å². The van der Waals surface area contributed by atoms with Gasteiger partial charge in [0.1, 0.15) is 12.4 Å². The van der Waals surface area contributed by atoms with Crippen molar-refractivity contribution in [3.8, 4) is 0 Å². The lowest BCUT2D eigenvalue weighted by Gasteiger charge is -1.97. The maximum atomic E-state index is 5.62. The van der Waals surface area contributed by atoms with Crippen LogP contribution < -0.4 is 5.59 Å². The minimum absolute atomic E-state index is 0.606. The van der Waals surface area contributed by atoms with E-state index in [1.165, 1.54) is 0 Å². The monoisotopic (exact) mass is 207 g/mol. The van der Waals surface area contributed by atoms with Gasteiger partial charge in [-0.1, -0.05) is 0 Å². The molecule has 0 fully saturated rings. The zero-order valence-electron chi connectivity index (χ0n) is 5.53. The quantitative estimate of drug-likeness (QED) is 0.582. The summed E-state index contributed by atoms with van der Waals surface area (Å²) in [6.45, 7) is 0. The molecule has 52 valence electrons. The molecular formula is C6H3BBrN3. The van der Waals surface area contributed by atoms with E-state index in [2.05, 4.69) is 25.9 Å². The van der Waals surface area contributed by atoms with Gasteiger partial charge in [0.25, 0.3) is 0 Å². The summed E-state index contributed by atoms with van der Waals surface area (Å²) in [5.41, 5.74) is 1.35. The number of imidazole rings is 1. The largest absolute Gasteiger partial charge is 0.299 e. The molecule has 2 aromatic rings. The second kappa shape index (κ2) is 2.34. The van der Waals surface area contributed by atoms with Crippen LogP contribution in [0.3, 0.4) is 0 Å². The van der Waals surface area contributed by atoms with Gasteiger partial charge in [-0.05, 0) is 21.5 Å². The second-order valence-electron chi connectivity index (χ2n) is 2.11. The molecule has 0 unspecified atom stereocenters. The number of aromatic nitrogens is 3. The van der Waals surface area contributed by atoms with Gasteiger partial charge in [0.2, 0.25) is 0 Å². The van der Waals surface area contributed by atoms with Crippen LogP contribution in [0.15, 0.2) is 23.2 Å². The fraction of sp³-hybridized carbons (Fsp3) is 0. The van der Waals surface area contributed by atoms with Gasteiger partial charge in [0.05, 0.1) is 12.4 Å². The van der Waals surface area contributed by atoms with Crippen LogP contribution in [0.4, 0.5) is 0 Å². The summed E-state index contributed by atoms with van der Waals surface area (Å²) in [5, 5.41) is 0. The van der Waals surface area contributed by atoms with Gasteiger partial charge in [0, 0.05) is 6.20 Å². The molecule has 0 saturated carbocycles. The maximum absolute atomic E-state index is 5.62. The van der Waals surface area contributed by atoms with Crippen LogP contribution in [0.1, 0.15) is 0 Å². The molecule has 0 aliphatic rings. The van der Waals surface area contributed by atoms with Gasteiger partial charge in [-0.25, -0.2) is 4.98 Å². The molecule has 0 aliphatic carbocycles. The summed E-state index contributed by atoms with van der Waals surface area (Å²) in [6, 6.07) is 0. The Morgan fingerprint density at radius 2 is 2.18 bits per heavy atom. The van der Waals surface area contributed by atoms with Crippen LogP contribution in [0.2, 0.25) is 0 Å². The van der Waals surface area contributed by atoms with Crippen LogP contribution in [-0.4, -0.2) is 22.2 Å². The number of halogens is 1. The highest BCUT2D eigenvalue weighted by atomic mass is 79.9. The van der Waals surface area contributed by atoms with Crippen LogP contribution in [0.25, 0.3) is 5.65 Å². The van der Waals surface area contributed by atoms with E-state index < -0.39 is 0 Å². The van der Waals surface area contributed by atoms with Crippen molar-refractivity contribution in [3.63, 3.8) is 0 Å². The molecule has 3 nitrogen and oxygen atoms in total. The van der Waals surface area contributed by atoms with Crippen LogP contribution in [-0.2, 0) is 0 Å². The molecule has 0 aromatic carbocycles. The Hall–Kier alpha value is -0.835. The molecule has 0 bridgehead atoms. The van der Waals surface area contributed by atoms with E-state index in [4.69, 9.17) is 7.85 Å². The first kappa shape index (κ1) is 6.85. The molecule has 0 aliphatic heterocycles. The lowest BCUT2D eigenvalue weighted by atomic mass is 10.1. The highest BCUT2D eigenvalue weighted by Gasteiger charge is 2.00. The van der Waals surface area contributed by atoms with E-state index in [-0.39, 0.29) is 0 Å². The predicted octanol–water partition coefficient (Wildman–Crippen LogP) is 0.286. The molecule has 11 heavy (non-hydrogen) atoms. The second-order valence-corrected chi connectivity index (χ2v) is 2.92. The molecule has 0 atom stereocenters. The summed E-state index contributed by atoms with van der Waals surface area (Å²) in [7, 11) is 5.62. The molecule has 0 amide bonds. The SMILES string of the molecule is [B]c1cnc2cncc(Br)n12. The molecule has 2 rings (SSSR count). The molecule has 5 heteroatoms. The minimum Gasteiger partial charge on any atom is -0.299 e. The first-order valence-corrected chi connectivity index (χ1v) is 3.81. The molecular weight excluding hydrogens is 205 g/mol. The van der Waals surface area contributed by atoms with E-state index in [0.717, 1.165) is 10.3 Å². The Kier molecular flexibility index (Phi) is 1.46. The Morgan fingerprint density at radius 3 is 2.91 bits per heavy atom. The summed E-state index contributed by atoms with van der Waals surface area (Å²) in [5.74, 6) is 0. The van der Waals surface area contributed by atoms with Crippen molar-refractivity contribution in [2.75, 3.05) is 0 Å². The van der Waals surface area contributed by atoms with Crippen molar-refractivity contribution >= 4 is 35.0 Å². The third kappa shape index (κ3) is 0.958. The van der Waals surface area contributed by atoms with Crippen molar-refractivity contribution in [1.82, 2.24) is 14.4 Å². The third-order valence-electron chi connectivity index (χ3n) is 1.40. The number of fused-ring (bicyclic) bond motifs is 1. The lowest BCUT2D eigenvalue weighted by molar-refractivity contribution is 1.11. The Morgan fingerprint density at radius 1 is 1.36 bits per heavy atom. The summed E-state index contributed by atoms with van der Waals surface area (Å²) < 4.78 is 2.58. The smallest absolute Gasteiger partial charge is 0.155 e. The number of rotatable bonds is 0. The van der Waals surface area contributed by atoms with E-state index in [9.17, 15) is 0 Å². The van der Waals surface area contributed by atoms with Gasteiger partial charge < -0.3 is 0 Å². The van der Waals surface area contributed by atoms with Crippen LogP contribution in [0, 0.1) is 0 Å². The average molecular weight is 208 g/mol. The number of hydrogen-bond acceptors (Lipinski definition) is 2. The van der Waals surface area contributed by atoms with Crippen LogP contribution >= 0.6 is 15.9 Å². The van der Waals surface area contributed by atoms with Crippen molar-refractivity contribution in [2.45, 2.75) is 0 Å². The van der Waals surface area contributed by atoms with E-state index >= 15 is 0 Å². The fourth-order valence-electron chi connectivity index (χ4n) is 0.927. The van der Waals surface area contributed by atoms with Gasteiger partial charge in [0.15, 0.2) is 5.65 Å². The highest BCUT2D eigenvalue weighted by Crippen LogP contribution is 2.07. The Bertz CT molecular complexity index is 398. The molecule has 0 spiro atoms. The molecule has 2 aromatic heterocycles. The van der Waals surface area contributed by atoms with Crippen molar-refractivity contribution in [2.24, 2.45) is 0 Å². The van der Waals surface area contributed by atoms with E-state index in [1.54, 1.807) is 23.0 Å². The highest BCUT2D eigenvalue weighted by molar-refractivity contribution is 9.10. The third-order valence-corrected chi connectivity index (χ3v) is 1.96. The van der Waals surface area contributed by atoms with Gasteiger partial charge >= 0.3 is 0 Å². The number of hydrogen-bond donors (Lipinski definition) is 0. The van der Waals surface area contributed by atoms with Gasteiger partial charge in [-0.3, -0.25) is 9.38 Å². The van der Waals surface area contributed by atoms with E-state index in [0.29, 0.717) is 5.59 Å². The maximum Gasteiger partial charge on any atom is 0.155 e. The first-order chi connectivity index (χ1) is 5.29. The summed E-state index contributed by atoms with van der Waals surface area (Å²) in [4.78, 5) is 7.96. The molecule has 2 radical (unpaired) electrons. The first-order valence-electron chi connectivity index (χ1n) is 3.01. The standard InChI is InChI=1S/C6H3BBrN3/c7-4-1-10-6-3-9-2-5(8)11(4)6/h1-3H. The van der Waals surface area contributed by atoms with Crippen molar-refractivity contribution in [3.05, 3.63) is 23.2 Å². The molecule has 2 heterocycles. The lowest BCUT2D eigenvalue weighted by Crippen LogP contribution is -2.10. The van der Waals surface area contributed by atoms with Crippen molar-refractivity contribution < 1.29 is 0 Å². The van der Waals surface area contributed by atoms with Gasteiger partial charge in [-0.15, -0.1) is 0 Å². The Balaban J connectivity index is 2.96. The zero-order valence-corrected chi connectivity index (χ0v) is 7.12. The van der Waals surface area contributed by atoms with Crippen molar-refractivity contribution in [1.29, 1.82) is 0 Å². The topological polar surface area (TPSA) is 30.2 Å². The summed E-state index contributed by atoms with van der Waals surface area (Å²) in [6.07, 6.45) is 4.92. The van der Waals surface area contributed by atoms with Gasteiger partial charge in [-0.2, -0.15) is 0 Å². The fourth-order valence-corrected chi connectivity index (χ4v) is 1.43. The normalized spacial score (nSPS) is 10.6. The minimum atomic E-state index is 0.606. The predicted molar refractivity (Wildman–Crippen MR) is 46.1 cm³/mol. The molecule has 0 N–H and O–H groups in total. The van der Waals surface area contributed by atoms with Crippen LogP contribution in [0.5, 0.6) is 0 Å².